The molecule has 0 aliphatic carbocycles. The first-order valence-corrected chi connectivity index (χ1v) is 8.10. The minimum atomic E-state index is -2.96. The van der Waals surface area contributed by atoms with Crippen molar-refractivity contribution in [3.63, 3.8) is 0 Å². The summed E-state index contributed by atoms with van der Waals surface area (Å²) < 4.78 is 39.3. The number of benzene rings is 2. The number of halogens is 3. The topological polar surface area (TPSA) is 69.2 Å². The van der Waals surface area contributed by atoms with E-state index in [1.807, 2.05) is 6.92 Å². The first-order chi connectivity index (χ1) is 12.9. The molecule has 0 heterocycles. The summed E-state index contributed by atoms with van der Waals surface area (Å²) in [6, 6.07) is 9.31. The second-order valence-corrected chi connectivity index (χ2v) is 5.72. The predicted molar refractivity (Wildman–Crippen MR) is 97.0 cm³/mol. The summed E-state index contributed by atoms with van der Waals surface area (Å²) in [4.78, 5) is 11.8. The molecule has 2 aromatic carbocycles. The van der Waals surface area contributed by atoms with Crippen LogP contribution < -0.4 is 19.6 Å². The van der Waals surface area contributed by atoms with Crippen LogP contribution in [0.5, 0.6) is 17.2 Å². The highest BCUT2D eigenvalue weighted by Gasteiger charge is 2.10. The van der Waals surface area contributed by atoms with E-state index in [4.69, 9.17) is 21.1 Å². The zero-order valence-corrected chi connectivity index (χ0v) is 15.3. The summed E-state index contributed by atoms with van der Waals surface area (Å²) in [6.07, 6.45) is 1.33. The summed E-state index contributed by atoms with van der Waals surface area (Å²) in [7, 11) is 1.33. The lowest BCUT2D eigenvalue weighted by Crippen LogP contribution is -2.24. The highest BCUT2D eigenvalue weighted by atomic mass is 35.5. The molecule has 0 radical (unpaired) electrons. The monoisotopic (exact) mass is 398 g/mol. The normalized spacial score (nSPS) is 10.9. The molecule has 0 bridgehead atoms. The Bertz CT molecular complexity index is 831. The standard InChI is InChI=1S/C18H17ClF2N2O4/c1-11-7-13(19)4-6-14(11)26-10-17(24)23-22-9-12-3-5-15(27-18(20)21)16(8-12)25-2/h3-9,18H,10H2,1-2H3,(H,23,24)/b22-9-. The first kappa shape index (κ1) is 20.4. The van der Waals surface area contributed by atoms with Gasteiger partial charge in [-0.1, -0.05) is 11.6 Å². The number of methoxy groups -OCH3 is 1. The number of amides is 1. The van der Waals surface area contributed by atoms with E-state index >= 15 is 0 Å². The average molecular weight is 399 g/mol. The molecule has 144 valence electrons. The highest BCUT2D eigenvalue weighted by Crippen LogP contribution is 2.28. The predicted octanol–water partition coefficient (Wildman–Crippen LogP) is 3.79. The molecule has 27 heavy (non-hydrogen) atoms. The lowest BCUT2D eigenvalue weighted by atomic mass is 10.2. The van der Waals surface area contributed by atoms with E-state index in [0.717, 1.165) is 5.56 Å². The Hall–Kier alpha value is -2.87. The summed E-state index contributed by atoms with van der Waals surface area (Å²) in [5, 5.41) is 4.36. The zero-order valence-electron chi connectivity index (χ0n) is 14.5. The van der Waals surface area contributed by atoms with Gasteiger partial charge in [-0.3, -0.25) is 4.79 Å². The van der Waals surface area contributed by atoms with Gasteiger partial charge < -0.3 is 14.2 Å². The lowest BCUT2D eigenvalue weighted by Gasteiger charge is -2.10. The molecule has 9 heteroatoms. The molecule has 6 nitrogen and oxygen atoms in total. The molecule has 0 saturated heterocycles. The second kappa shape index (κ2) is 9.72. The molecule has 0 aromatic heterocycles. The zero-order chi connectivity index (χ0) is 19.8. The van der Waals surface area contributed by atoms with Gasteiger partial charge in [-0.2, -0.15) is 13.9 Å². The quantitative estimate of drug-likeness (QED) is 0.542. The van der Waals surface area contributed by atoms with Crippen LogP contribution in [0.25, 0.3) is 0 Å². The van der Waals surface area contributed by atoms with E-state index < -0.39 is 12.5 Å². The number of carbonyl (C=O) groups is 1. The first-order valence-electron chi connectivity index (χ1n) is 7.72. The number of carbonyl (C=O) groups excluding carboxylic acids is 1. The SMILES string of the molecule is COc1cc(/C=N\NC(=O)COc2ccc(Cl)cc2C)ccc1OC(F)F. The Morgan fingerprint density at radius 2 is 1.96 bits per heavy atom. The summed E-state index contributed by atoms with van der Waals surface area (Å²) >= 11 is 5.85. The van der Waals surface area contributed by atoms with Crippen LogP contribution >= 0.6 is 11.6 Å². The van der Waals surface area contributed by atoms with Crippen LogP contribution in [0.15, 0.2) is 41.5 Å². The maximum atomic E-state index is 12.3. The number of nitrogens with zero attached hydrogens (tertiary/aromatic N) is 1. The minimum absolute atomic E-state index is 0.0968. The fourth-order valence-corrected chi connectivity index (χ4v) is 2.31. The number of hydrogen-bond acceptors (Lipinski definition) is 5. The second-order valence-electron chi connectivity index (χ2n) is 5.28. The van der Waals surface area contributed by atoms with E-state index in [1.54, 1.807) is 18.2 Å². The van der Waals surface area contributed by atoms with Crippen LogP contribution in [-0.4, -0.2) is 32.4 Å². The minimum Gasteiger partial charge on any atom is -0.493 e. The van der Waals surface area contributed by atoms with Crippen molar-refractivity contribution in [2.24, 2.45) is 5.10 Å². The van der Waals surface area contributed by atoms with Gasteiger partial charge in [0, 0.05) is 5.02 Å². The molecule has 0 aliphatic rings. The van der Waals surface area contributed by atoms with Gasteiger partial charge in [-0.15, -0.1) is 0 Å². The van der Waals surface area contributed by atoms with Crippen molar-refractivity contribution in [1.82, 2.24) is 5.43 Å². The van der Waals surface area contributed by atoms with E-state index in [9.17, 15) is 13.6 Å². The Kier molecular flexibility index (Phi) is 7.36. The Balaban J connectivity index is 1.89. The third-order valence-electron chi connectivity index (χ3n) is 3.30. The summed E-state index contributed by atoms with van der Waals surface area (Å²) in [5.74, 6) is 0.0932. The van der Waals surface area contributed by atoms with Gasteiger partial charge in [-0.25, -0.2) is 5.43 Å². The van der Waals surface area contributed by atoms with Crippen molar-refractivity contribution in [3.8, 4) is 17.2 Å². The third-order valence-corrected chi connectivity index (χ3v) is 3.54. The molecule has 0 fully saturated rings. The molecule has 2 rings (SSSR count). The lowest BCUT2D eigenvalue weighted by molar-refractivity contribution is -0.123. The molecule has 0 aliphatic heterocycles. The molecular weight excluding hydrogens is 382 g/mol. The molecule has 0 atom stereocenters. The maximum absolute atomic E-state index is 12.3. The number of ether oxygens (including phenoxy) is 3. The molecule has 0 unspecified atom stereocenters. The Labute approximate surface area is 159 Å². The van der Waals surface area contributed by atoms with Gasteiger partial charge in [0.25, 0.3) is 5.91 Å². The fraction of sp³-hybridized carbons (Fsp3) is 0.222. The summed E-state index contributed by atoms with van der Waals surface area (Å²) in [5.41, 5.74) is 3.62. The van der Waals surface area contributed by atoms with Crippen LogP contribution in [0.1, 0.15) is 11.1 Å². The molecule has 1 amide bonds. The number of hydrazone groups is 1. The van der Waals surface area contributed by atoms with Crippen molar-refractivity contribution >= 4 is 23.7 Å². The highest BCUT2D eigenvalue weighted by molar-refractivity contribution is 6.30. The molecule has 2 aromatic rings. The maximum Gasteiger partial charge on any atom is 0.387 e. The van der Waals surface area contributed by atoms with Crippen LogP contribution in [0.3, 0.4) is 0 Å². The molecule has 0 spiro atoms. The van der Waals surface area contributed by atoms with Gasteiger partial charge in [0.05, 0.1) is 13.3 Å². The Morgan fingerprint density at radius 1 is 1.22 bits per heavy atom. The van der Waals surface area contributed by atoms with Crippen LogP contribution in [0.4, 0.5) is 8.78 Å². The average Bonchev–Trinajstić information content (AvgIpc) is 2.61. The van der Waals surface area contributed by atoms with Gasteiger partial charge in [0.1, 0.15) is 5.75 Å². The van der Waals surface area contributed by atoms with Crippen molar-refractivity contribution < 1.29 is 27.8 Å². The molecule has 1 N–H and O–H groups in total. The van der Waals surface area contributed by atoms with E-state index in [2.05, 4.69) is 15.3 Å². The van der Waals surface area contributed by atoms with Crippen molar-refractivity contribution in [3.05, 3.63) is 52.5 Å². The van der Waals surface area contributed by atoms with Crippen molar-refractivity contribution in [2.75, 3.05) is 13.7 Å². The van der Waals surface area contributed by atoms with Gasteiger partial charge >= 0.3 is 6.61 Å². The van der Waals surface area contributed by atoms with Crippen LogP contribution in [-0.2, 0) is 4.79 Å². The largest absolute Gasteiger partial charge is 0.493 e. The Morgan fingerprint density at radius 3 is 2.63 bits per heavy atom. The van der Waals surface area contributed by atoms with Crippen molar-refractivity contribution in [2.45, 2.75) is 13.5 Å². The van der Waals surface area contributed by atoms with Crippen molar-refractivity contribution in [1.29, 1.82) is 0 Å². The number of rotatable bonds is 8. The van der Waals surface area contributed by atoms with E-state index in [-0.39, 0.29) is 18.1 Å². The number of nitrogens with one attached hydrogen (secondary N) is 1. The third kappa shape index (κ3) is 6.41. The summed E-state index contributed by atoms with van der Waals surface area (Å²) in [6.45, 7) is -1.38. The smallest absolute Gasteiger partial charge is 0.387 e. The van der Waals surface area contributed by atoms with Crippen LogP contribution in [0, 0.1) is 6.92 Å². The fourth-order valence-electron chi connectivity index (χ4n) is 2.09. The van der Waals surface area contributed by atoms with E-state index in [1.165, 1.54) is 31.5 Å². The van der Waals surface area contributed by atoms with Crippen LogP contribution in [0.2, 0.25) is 5.02 Å². The van der Waals surface area contributed by atoms with Gasteiger partial charge in [0.15, 0.2) is 18.1 Å². The number of hydrogen-bond donors (Lipinski definition) is 1. The van der Waals surface area contributed by atoms with E-state index in [0.29, 0.717) is 16.3 Å². The van der Waals surface area contributed by atoms with Gasteiger partial charge in [0.2, 0.25) is 0 Å². The number of alkyl halides is 2. The number of aryl methyl sites for hydroxylation is 1. The van der Waals surface area contributed by atoms with Gasteiger partial charge in [-0.05, 0) is 54.4 Å². The molecular formula is C18H17ClF2N2O4. The molecule has 0 saturated carbocycles.